The average Bonchev–Trinajstić information content (AvgIpc) is 3.16. The topological polar surface area (TPSA) is 92.3 Å². The Morgan fingerprint density at radius 3 is 2.30 bits per heavy atom. The van der Waals surface area contributed by atoms with Crippen LogP contribution in [0.3, 0.4) is 0 Å². The molecule has 7 nitrogen and oxygen atoms in total. The van der Waals surface area contributed by atoms with Crippen molar-refractivity contribution in [3.63, 3.8) is 0 Å². The van der Waals surface area contributed by atoms with Gasteiger partial charge in [0.1, 0.15) is 0 Å². The summed E-state index contributed by atoms with van der Waals surface area (Å²) >= 11 is 2.97. The number of hydrogen-bond acceptors (Lipinski definition) is 7. The van der Waals surface area contributed by atoms with E-state index in [0.29, 0.717) is 22.3 Å². The molecule has 0 saturated heterocycles. The Labute approximate surface area is 203 Å². The van der Waals surface area contributed by atoms with E-state index < -0.39 is 10.0 Å². The van der Waals surface area contributed by atoms with Crippen molar-refractivity contribution in [2.24, 2.45) is 5.92 Å². The quantitative estimate of drug-likeness (QED) is 0.321. The van der Waals surface area contributed by atoms with Gasteiger partial charge in [-0.05, 0) is 60.7 Å². The number of amides is 1. The first-order valence-corrected chi connectivity index (χ1v) is 14.1. The van der Waals surface area contributed by atoms with Gasteiger partial charge in [-0.2, -0.15) is 0 Å². The fourth-order valence-electron chi connectivity index (χ4n) is 3.15. The van der Waals surface area contributed by atoms with Crippen LogP contribution in [0.2, 0.25) is 0 Å². The van der Waals surface area contributed by atoms with E-state index >= 15 is 0 Å². The van der Waals surface area contributed by atoms with Crippen molar-refractivity contribution in [1.29, 1.82) is 0 Å². The van der Waals surface area contributed by atoms with Gasteiger partial charge in [0.2, 0.25) is 15.2 Å². The fourth-order valence-corrected chi connectivity index (χ4v) is 5.74. The van der Waals surface area contributed by atoms with Gasteiger partial charge in [-0.15, -0.1) is 10.2 Å². The number of aryl methyl sites for hydroxylation is 2. The smallest absolute Gasteiger partial charge is 0.257 e. The van der Waals surface area contributed by atoms with Crippen LogP contribution in [-0.2, 0) is 16.6 Å². The summed E-state index contributed by atoms with van der Waals surface area (Å²) in [6.45, 7) is 8.33. The lowest BCUT2D eigenvalue weighted by Crippen LogP contribution is -2.29. The Morgan fingerprint density at radius 2 is 1.73 bits per heavy atom. The molecule has 1 aromatic heterocycles. The highest BCUT2D eigenvalue weighted by Gasteiger charge is 2.19. The minimum atomic E-state index is -3.49. The molecule has 0 aliphatic rings. The lowest BCUT2D eigenvalue weighted by Gasteiger charge is -2.23. The largest absolute Gasteiger partial charge is 0.296 e. The molecule has 3 aromatic rings. The van der Waals surface area contributed by atoms with Crippen LogP contribution in [-0.4, -0.2) is 36.5 Å². The average molecular weight is 505 g/mol. The number of thioether (sulfide) groups is 1. The number of hydrogen-bond donors (Lipinski definition) is 1. The lowest BCUT2D eigenvalue weighted by molar-refractivity contribution is 0.102. The summed E-state index contributed by atoms with van der Waals surface area (Å²) in [5, 5.41) is 11.4. The summed E-state index contributed by atoms with van der Waals surface area (Å²) < 4.78 is 27.1. The number of nitrogens with one attached hydrogen (secondary N) is 1. The number of sulfonamides is 1. The molecule has 0 unspecified atom stereocenters. The Hall–Kier alpha value is -2.43. The Bertz CT molecular complexity index is 1200. The number of anilines is 2. The summed E-state index contributed by atoms with van der Waals surface area (Å²) in [6, 6.07) is 12.6. The van der Waals surface area contributed by atoms with Gasteiger partial charge in [-0.25, -0.2) is 8.42 Å². The molecule has 2 aromatic carbocycles. The van der Waals surface area contributed by atoms with Gasteiger partial charge in [0.05, 0.1) is 18.5 Å². The number of benzene rings is 2. The van der Waals surface area contributed by atoms with E-state index in [-0.39, 0.29) is 12.5 Å². The summed E-state index contributed by atoms with van der Waals surface area (Å²) in [7, 11) is -3.49. The van der Waals surface area contributed by atoms with Gasteiger partial charge in [-0.3, -0.25) is 14.4 Å². The van der Waals surface area contributed by atoms with Crippen LogP contribution in [0, 0.1) is 19.8 Å². The first kappa shape index (κ1) is 25.2. The van der Waals surface area contributed by atoms with Crippen molar-refractivity contribution in [3.8, 4) is 0 Å². The zero-order valence-electron chi connectivity index (χ0n) is 19.3. The Balaban J connectivity index is 1.70. The second-order valence-corrected chi connectivity index (χ2v) is 12.5. The summed E-state index contributed by atoms with van der Waals surface area (Å²) in [4.78, 5) is 12.6. The molecule has 33 heavy (non-hydrogen) atoms. The molecule has 0 fully saturated rings. The number of rotatable bonds is 9. The summed E-state index contributed by atoms with van der Waals surface area (Å²) in [5.41, 5.74) is 3.85. The molecular formula is C23H28N4O3S3. The third kappa shape index (κ3) is 7.28. The second-order valence-electron chi connectivity index (χ2n) is 8.34. The lowest BCUT2D eigenvalue weighted by atomic mass is 10.1. The number of nitrogens with zero attached hydrogens (tertiary/aromatic N) is 3. The number of carbonyl (C=O) groups is 1. The van der Waals surface area contributed by atoms with E-state index in [1.165, 1.54) is 21.9 Å². The number of carbonyl (C=O) groups excluding carboxylic acids is 1. The molecule has 1 heterocycles. The second kappa shape index (κ2) is 10.7. The zero-order chi connectivity index (χ0) is 24.2. The molecule has 0 aliphatic heterocycles. The van der Waals surface area contributed by atoms with Crippen molar-refractivity contribution in [2.45, 2.75) is 38.6 Å². The van der Waals surface area contributed by atoms with Crippen molar-refractivity contribution in [3.05, 3.63) is 64.7 Å². The summed E-state index contributed by atoms with van der Waals surface area (Å²) in [5.74, 6) is 1.20. The molecule has 0 spiro atoms. The minimum Gasteiger partial charge on any atom is -0.296 e. The van der Waals surface area contributed by atoms with E-state index in [1.807, 2.05) is 32.0 Å². The third-order valence-corrected chi connectivity index (χ3v) is 8.14. The van der Waals surface area contributed by atoms with Crippen LogP contribution < -0.4 is 9.62 Å². The highest BCUT2D eigenvalue weighted by molar-refractivity contribution is 8.01. The summed E-state index contributed by atoms with van der Waals surface area (Å²) in [6.07, 6.45) is 1.20. The van der Waals surface area contributed by atoms with Crippen LogP contribution in [0.25, 0.3) is 0 Å². The monoisotopic (exact) mass is 504 g/mol. The predicted octanol–water partition coefficient (Wildman–Crippen LogP) is 5.12. The van der Waals surface area contributed by atoms with E-state index in [2.05, 4.69) is 29.4 Å². The zero-order valence-corrected chi connectivity index (χ0v) is 21.8. The Morgan fingerprint density at radius 1 is 1.09 bits per heavy atom. The first-order valence-electron chi connectivity index (χ1n) is 10.4. The molecule has 176 valence electrons. The molecule has 0 aliphatic carbocycles. The van der Waals surface area contributed by atoms with Crippen molar-refractivity contribution < 1.29 is 13.2 Å². The van der Waals surface area contributed by atoms with Gasteiger partial charge in [-0.1, -0.05) is 55.1 Å². The van der Waals surface area contributed by atoms with Crippen molar-refractivity contribution in [2.75, 3.05) is 21.6 Å². The van der Waals surface area contributed by atoms with Crippen LogP contribution >= 0.6 is 23.1 Å². The van der Waals surface area contributed by atoms with Crippen LogP contribution in [0.4, 0.5) is 10.8 Å². The molecule has 3 rings (SSSR count). The van der Waals surface area contributed by atoms with E-state index in [0.717, 1.165) is 26.8 Å². The van der Waals surface area contributed by atoms with E-state index in [9.17, 15) is 13.2 Å². The van der Waals surface area contributed by atoms with Crippen LogP contribution in [0.1, 0.15) is 40.9 Å². The van der Waals surface area contributed by atoms with Gasteiger partial charge < -0.3 is 0 Å². The van der Waals surface area contributed by atoms with Gasteiger partial charge >= 0.3 is 0 Å². The molecule has 10 heteroatoms. The molecular weight excluding hydrogens is 476 g/mol. The van der Waals surface area contributed by atoms with Gasteiger partial charge in [0.25, 0.3) is 5.91 Å². The maximum atomic E-state index is 12.6. The molecule has 0 bridgehead atoms. The maximum Gasteiger partial charge on any atom is 0.257 e. The van der Waals surface area contributed by atoms with E-state index in [1.54, 1.807) is 36.0 Å². The molecule has 0 atom stereocenters. The maximum absolute atomic E-state index is 12.6. The molecule has 1 amide bonds. The predicted molar refractivity (Wildman–Crippen MR) is 137 cm³/mol. The highest BCUT2D eigenvalue weighted by Crippen LogP contribution is 2.27. The minimum absolute atomic E-state index is 0.177. The first-order chi connectivity index (χ1) is 15.5. The van der Waals surface area contributed by atoms with Gasteiger partial charge in [0, 0.05) is 11.3 Å². The molecule has 0 radical (unpaired) electrons. The van der Waals surface area contributed by atoms with E-state index in [4.69, 9.17) is 0 Å². The van der Waals surface area contributed by atoms with Gasteiger partial charge in [0.15, 0.2) is 4.34 Å². The SMILES string of the molecule is Cc1cc(C)cc(N(Cc2ccc(C(=O)Nc3nnc(SCC(C)C)s3)cc2)S(C)(=O)=O)c1. The normalized spacial score (nSPS) is 11.6. The fraction of sp³-hybridized carbons (Fsp3) is 0.348. The van der Waals surface area contributed by atoms with Crippen LogP contribution in [0.15, 0.2) is 46.8 Å². The Kier molecular flexibility index (Phi) is 8.14. The molecule has 0 saturated carbocycles. The van der Waals surface area contributed by atoms with Crippen molar-refractivity contribution >= 4 is 49.8 Å². The number of aromatic nitrogens is 2. The highest BCUT2D eigenvalue weighted by atomic mass is 32.2. The van der Waals surface area contributed by atoms with Crippen molar-refractivity contribution in [1.82, 2.24) is 10.2 Å². The molecule has 1 N–H and O–H groups in total. The van der Waals surface area contributed by atoms with Crippen LogP contribution in [0.5, 0.6) is 0 Å². The third-order valence-electron chi connectivity index (χ3n) is 4.60. The standard InChI is InChI=1S/C23H28N4O3S3/c1-15(2)14-31-23-26-25-22(32-23)24-21(28)19-8-6-18(7-9-19)13-27(33(5,29)30)20-11-16(3)10-17(4)12-20/h6-12,15H,13-14H2,1-5H3,(H,24,25,28).